The van der Waals surface area contributed by atoms with Gasteiger partial charge in [0.15, 0.2) is 0 Å². The molecule has 1 atom stereocenters. The van der Waals surface area contributed by atoms with Crippen molar-refractivity contribution in [2.45, 2.75) is 52.8 Å². The first-order valence-corrected chi connectivity index (χ1v) is 6.82. The first-order chi connectivity index (χ1) is 8.83. The van der Waals surface area contributed by atoms with Gasteiger partial charge in [0.05, 0.1) is 6.61 Å². The molecule has 3 nitrogen and oxygen atoms in total. The summed E-state index contributed by atoms with van der Waals surface area (Å²) < 4.78 is 11.1. The average molecular weight is 265 g/mol. The monoisotopic (exact) mass is 265 g/mol. The fraction of sp³-hybridized carbons (Fsp3) is 0.625. The van der Waals surface area contributed by atoms with Crippen molar-refractivity contribution < 1.29 is 9.47 Å². The van der Waals surface area contributed by atoms with Crippen LogP contribution in [0.15, 0.2) is 18.2 Å². The summed E-state index contributed by atoms with van der Waals surface area (Å²) in [6, 6.07) is 6.26. The lowest BCUT2D eigenvalue weighted by molar-refractivity contribution is 0.0908. The highest BCUT2D eigenvalue weighted by Gasteiger charge is 2.14. The van der Waals surface area contributed by atoms with E-state index in [0.29, 0.717) is 6.61 Å². The number of para-hydroxylation sites is 1. The van der Waals surface area contributed by atoms with Crippen LogP contribution in [-0.4, -0.2) is 25.4 Å². The Kier molecular flexibility index (Phi) is 5.83. The highest BCUT2D eigenvalue weighted by molar-refractivity contribution is 5.41. The summed E-state index contributed by atoms with van der Waals surface area (Å²) in [4.78, 5) is 0. The average Bonchev–Trinajstić information content (AvgIpc) is 2.29. The molecular formula is C16H27NO2. The predicted octanol–water partition coefficient (Wildman–Crippen LogP) is 3.30. The van der Waals surface area contributed by atoms with E-state index in [9.17, 15) is 0 Å². The SMILES string of the molecule is COCC(C)Oc1c(C)cccc1CNC(C)(C)C. The van der Waals surface area contributed by atoms with Gasteiger partial charge in [0.25, 0.3) is 0 Å². The number of nitrogens with one attached hydrogen (secondary N) is 1. The molecule has 0 bridgehead atoms. The van der Waals surface area contributed by atoms with Gasteiger partial charge in [0.1, 0.15) is 11.9 Å². The molecule has 0 fully saturated rings. The summed E-state index contributed by atoms with van der Waals surface area (Å²) >= 11 is 0. The number of hydrogen-bond donors (Lipinski definition) is 1. The Morgan fingerprint density at radius 2 is 1.95 bits per heavy atom. The minimum Gasteiger partial charge on any atom is -0.488 e. The van der Waals surface area contributed by atoms with E-state index in [1.807, 2.05) is 6.92 Å². The number of hydrogen-bond acceptors (Lipinski definition) is 3. The highest BCUT2D eigenvalue weighted by atomic mass is 16.5. The zero-order valence-electron chi connectivity index (χ0n) is 13.0. The summed E-state index contributed by atoms with van der Waals surface area (Å²) in [5.41, 5.74) is 2.45. The second kappa shape index (κ2) is 6.92. The number of ether oxygens (including phenoxy) is 2. The maximum absolute atomic E-state index is 6.02. The van der Waals surface area contributed by atoms with Gasteiger partial charge in [-0.15, -0.1) is 0 Å². The van der Waals surface area contributed by atoms with E-state index in [1.54, 1.807) is 7.11 Å². The molecule has 0 saturated carbocycles. The molecule has 19 heavy (non-hydrogen) atoms. The molecule has 0 saturated heterocycles. The summed E-state index contributed by atoms with van der Waals surface area (Å²) in [6.07, 6.45) is 0.0551. The van der Waals surface area contributed by atoms with Crippen LogP contribution in [0.1, 0.15) is 38.8 Å². The molecule has 0 amide bonds. The summed E-state index contributed by atoms with van der Waals surface area (Å²) in [6.45, 7) is 12.0. The van der Waals surface area contributed by atoms with Crippen LogP contribution in [0.2, 0.25) is 0 Å². The van der Waals surface area contributed by atoms with Gasteiger partial charge in [-0.05, 0) is 40.2 Å². The minimum atomic E-state index is 0.0551. The van der Waals surface area contributed by atoms with Gasteiger partial charge < -0.3 is 14.8 Å². The van der Waals surface area contributed by atoms with E-state index in [1.165, 1.54) is 5.56 Å². The second-order valence-electron chi connectivity index (χ2n) is 6.05. The van der Waals surface area contributed by atoms with Crippen LogP contribution >= 0.6 is 0 Å². The molecule has 1 N–H and O–H groups in total. The topological polar surface area (TPSA) is 30.5 Å². The summed E-state index contributed by atoms with van der Waals surface area (Å²) in [5, 5.41) is 3.50. The zero-order chi connectivity index (χ0) is 14.5. The molecule has 0 aromatic heterocycles. The van der Waals surface area contributed by atoms with Crippen molar-refractivity contribution in [3.05, 3.63) is 29.3 Å². The third-order valence-electron chi connectivity index (χ3n) is 2.82. The Morgan fingerprint density at radius 3 is 2.53 bits per heavy atom. The normalized spacial score (nSPS) is 13.4. The molecule has 1 rings (SSSR count). The summed E-state index contributed by atoms with van der Waals surface area (Å²) in [5.74, 6) is 0.976. The van der Waals surface area contributed by atoms with Gasteiger partial charge in [0.2, 0.25) is 0 Å². The Morgan fingerprint density at radius 1 is 1.26 bits per heavy atom. The van der Waals surface area contributed by atoms with Gasteiger partial charge in [-0.3, -0.25) is 0 Å². The molecular weight excluding hydrogens is 238 g/mol. The fourth-order valence-electron chi connectivity index (χ4n) is 1.85. The molecule has 1 unspecified atom stereocenters. The zero-order valence-corrected chi connectivity index (χ0v) is 13.0. The second-order valence-corrected chi connectivity index (χ2v) is 6.05. The molecule has 3 heteroatoms. The Balaban J connectivity index is 2.83. The van der Waals surface area contributed by atoms with Crippen LogP contribution in [0.25, 0.3) is 0 Å². The molecule has 0 radical (unpaired) electrons. The third-order valence-corrected chi connectivity index (χ3v) is 2.82. The Labute approximate surface area is 117 Å². The van der Waals surface area contributed by atoms with Crippen LogP contribution in [0.3, 0.4) is 0 Å². The van der Waals surface area contributed by atoms with Crippen LogP contribution in [0.5, 0.6) is 5.75 Å². The van der Waals surface area contributed by atoms with Crippen LogP contribution in [0, 0.1) is 6.92 Å². The van der Waals surface area contributed by atoms with Gasteiger partial charge in [-0.1, -0.05) is 18.2 Å². The van der Waals surface area contributed by atoms with Crippen LogP contribution in [-0.2, 0) is 11.3 Å². The number of aryl methyl sites for hydroxylation is 1. The quantitative estimate of drug-likeness (QED) is 0.856. The van der Waals surface area contributed by atoms with Gasteiger partial charge in [-0.2, -0.15) is 0 Å². The van der Waals surface area contributed by atoms with Gasteiger partial charge in [0, 0.05) is 24.8 Å². The minimum absolute atomic E-state index is 0.0551. The van der Waals surface area contributed by atoms with Crippen LogP contribution in [0.4, 0.5) is 0 Å². The maximum Gasteiger partial charge on any atom is 0.127 e. The lowest BCUT2D eigenvalue weighted by Gasteiger charge is -2.23. The smallest absolute Gasteiger partial charge is 0.127 e. The molecule has 108 valence electrons. The molecule has 0 aliphatic carbocycles. The lowest BCUT2D eigenvalue weighted by atomic mass is 10.1. The molecule has 0 aliphatic rings. The maximum atomic E-state index is 6.02. The molecule has 0 heterocycles. The van der Waals surface area contributed by atoms with Crippen molar-refractivity contribution in [3.63, 3.8) is 0 Å². The van der Waals surface area contributed by atoms with E-state index in [2.05, 4.69) is 51.2 Å². The highest BCUT2D eigenvalue weighted by Crippen LogP contribution is 2.25. The van der Waals surface area contributed by atoms with Crippen molar-refractivity contribution in [2.24, 2.45) is 0 Å². The van der Waals surface area contributed by atoms with E-state index < -0.39 is 0 Å². The molecule has 1 aromatic rings. The fourth-order valence-corrected chi connectivity index (χ4v) is 1.85. The van der Waals surface area contributed by atoms with E-state index in [0.717, 1.165) is 17.9 Å². The molecule has 0 spiro atoms. The standard InChI is InChI=1S/C16H27NO2/c1-12-8-7-9-14(10-17-16(3,4)5)15(12)19-13(2)11-18-6/h7-9,13,17H,10-11H2,1-6H3. The number of rotatable bonds is 6. The number of methoxy groups -OCH3 is 1. The van der Waals surface area contributed by atoms with Gasteiger partial charge in [-0.25, -0.2) is 0 Å². The lowest BCUT2D eigenvalue weighted by Crippen LogP contribution is -2.35. The summed E-state index contributed by atoms with van der Waals surface area (Å²) in [7, 11) is 1.69. The Bertz CT molecular complexity index is 396. The van der Waals surface area contributed by atoms with Crippen molar-refractivity contribution in [1.29, 1.82) is 0 Å². The third kappa shape index (κ3) is 5.62. The van der Waals surface area contributed by atoms with E-state index in [-0.39, 0.29) is 11.6 Å². The van der Waals surface area contributed by atoms with E-state index in [4.69, 9.17) is 9.47 Å². The van der Waals surface area contributed by atoms with Crippen LogP contribution < -0.4 is 10.1 Å². The molecule has 1 aromatic carbocycles. The van der Waals surface area contributed by atoms with E-state index >= 15 is 0 Å². The Hall–Kier alpha value is -1.06. The largest absolute Gasteiger partial charge is 0.488 e. The van der Waals surface area contributed by atoms with Crippen molar-refractivity contribution in [3.8, 4) is 5.75 Å². The van der Waals surface area contributed by atoms with Crippen molar-refractivity contribution >= 4 is 0 Å². The predicted molar refractivity (Wildman–Crippen MR) is 79.7 cm³/mol. The van der Waals surface area contributed by atoms with Crippen molar-refractivity contribution in [2.75, 3.05) is 13.7 Å². The molecule has 0 aliphatic heterocycles. The van der Waals surface area contributed by atoms with Crippen molar-refractivity contribution in [1.82, 2.24) is 5.32 Å². The first kappa shape index (κ1) is 16.0. The van der Waals surface area contributed by atoms with Gasteiger partial charge >= 0.3 is 0 Å². The first-order valence-electron chi connectivity index (χ1n) is 6.82. The number of benzene rings is 1.